The number of halogens is 3. The number of alkyl halides is 3. The van der Waals surface area contributed by atoms with Gasteiger partial charge in [-0.15, -0.1) is 5.10 Å². The number of sulfonamides is 1. The minimum atomic E-state index is -4.35. The van der Waals surface area contributed by atoms with Crippen molar-refractivity contribution in [2.75, 3.05) is 18.1 Å². The summed E-state index contributed by atoms with van der Waals surface area (Å²) in [6.45, 7) is 7.64. The summed E-state index contributed by atoms with van der Waals surface area (Å²) in [6, 6.07) is 4.33. The fourth-order valence-corrected chi connectivity index (χ4v) is 5.84. The summed E-state index contributed by atoms with van der Waals surface area (Å²) in [6.07, 6.45) is -2.01. The van der Waals surface area contributed by atoms with Gasteiger partial charge in [0.05, 0.1) is 30.5 Å². The lowest BCUT2D eigenvalue weighted by molar-refractivity contribution is -0.139. The lowest BCUT2D eigenvalue weighted by atomic mass is 9.97. The van der Waals surface area contributed by atoms with Crippen molar-refractivity contribution in [1.82, 2.24) is 29.3 Å². The average molecular weight is 604 g/mol. The van der Waals surface area contributed by atoms with Crippen LogP contribution in [0.5, 0.6) is 5.88 Å². The first-order valence-corrected chi connectivity index (χ1v) is 13.7. The van der Waals surface area contributed by atoms with Crippen molar-refractivity contribution in [2.45, 2.75) is 57.1 Å². The number of aromatic nitrogens is 5. The van der Waals surface area contributed by atoms with E-state index in [1.54, 1.807) is 14.0 Å². The van der Waals surface area contributed by atoms with E-state index in [1.807, 2.05) is 18.7 Å². The number of pyridine rings is 1. The second-order valence-electron chi connectivity index (χ2n) is 10.2. The number of anilines is 1. The lowest BCUT2D eigenvalue weighted by Crippen LogP contribution is -2.41. The van der Waals surface area contributed by atoms with E-state index >= 15 is 0 Å². The van der Waals surface area contributed by atoms with Crippen molar-refractivity contribution in [3.63, 3.8) is 0 Å². The smallest absolute Gasteiger partial charge is 0.392 e. The van der Waals surface area contributed by atoms with Crippen molar-refractivity contribution < 1.29 is 31.1 Å². The molecule has 0 spiro atoms. The van der Waals surface area contributed by atoms with Crippen LogP contribution in [-0.4, -0.2) is 63.7 Å². The molecule has 0 bridgehead atoms. The minimum absolute atomic E-state index is 0. The van der Waals surface area contributed by atoms with Crippen LogP contribution in [0.4, 0.5) is 19.0 Å². The Bertz CT molecular complexity index is 1490. The molecule has 1 aliphatic rings. The van der Waals surface area contributed by atoms with Gasteiger partial charge in [0.2, 0.25) is 5.88 Å². The Labute approximate surface area is 237 Å². The van der Waals surface area contributed by atoms with Gasteiger partial charge in [-0.25, -0.2) is 22.8 Å². The molecule has 1 N–H and O–H groups in total. The van der Waals surface area contributed by atoms with Crippen molar-refractivity contribution in [2.24, 2.45) is 13.0 Å². The highest BCUT2D eigenvalue weighted by Gasteiger charge is 2.39. The molecule has 0 saturated carbocycles. The molecule has 16 heteroatoms. The maximum Gasteiger partial charge on any atom is 0.392 e. The largest absolute Gasteiger partial charge is 0.476 e. The van der Waals surface area contributed by atoms with Crippen molar-refractivity contribution in [1.29, 1.82) is 0 Å². The molecular formula is C24H32F3N7O4S2. The zero-order chi connectivity index (χ0) is 28.8. The van der Waals surface area contributed by atoms with E-state index in [9.17, 15) is 26.4 Å². The topological polar surface area (TPSA) is 124 Å². The molecule has 1 fully saturated rings. The van der Waals surface area contributed by atoms with Gasteiger partial charge in [0.1, 0.15) is 10.7 Å². The van der Waals surface area contributed by atoms with E-state index < -0.39 is 40.7 Å². The molecule has 4 rings (SSSR count). The molecule has 1 aliphatic heterocycles. The number of aryl methyl sites for hydroxylation is 1. The Balaban J connectivity index is 0.00000441. The van der Waals surface area contributed by atoms with Gasteiger partial charge in [0.25, 0.3) is 15.9 Å². The summed E-state index contributed by atoms with van der Waals surface area (Å²) >= 11 is 0. The first-order valence-electron chi connectivity index (χ1n) is 12.2. The van der Waals surface area contributed by atoms with Crippen LogP contribution in [-0.2, 0) is 17.1 Å². The summed E-state index contributed by atoms with van der Waals surface area (Å²) in [5.74, 6) is -0.0701. The summed E-state index contributed by atoms with van der Waals surface area (Å²) in [5.41, 5.74) is 0.0137. The highest BCUT2D eigenvalue weighted by molar-refractivity contribution is 7.90. The number of carbonyl (C=O) groups is 1. The van der Waals surface area contributed by atoms with Crippen LogP contribution in [0.2, 0.25) is 0 Å². The van der Waals surface area contributed by atoms with Gasteiger partial charge in [-0.05, 0) is 45.2 Å². The van der Waals surface area contributed by atoms with Gasteiger partial charge in [-0.1, -0.05) is 6.92 Å². The zero-order valence-electron chi connectivity index (χ0n) is 22.7. The Hall–Kier alpha value is -3.27. The van der Waals surface area contributed by atoms with E-state index in [0.29, 0.717) is 12.2 Å². The van der Waals surface area contributed by atoms with E-state index in [0.717, 1.165) is 6.42 Å². The summed E-state index contributed by atoms with van der Waals surface area (Å²) in [7, 11) is -2.63. The molecule has 0 aromatic carbocycles. The van der Waals surface area contributed by atoms with Crippen LogP contribution >= 0.6 is 13.5 Å². The van der Waals surface area contributed by atoms with Crippen LogP contribution in [0.1, 0.15) is 49.7 Å². The summed E-state index contributed by atoms with van der Waals surface area (Å²) in [4.78, 5) is 19.8. The monoisotopic (exact) mass is 603 g/mol. The molecule has 11 nitrogen and oxygen atoms in total. The normalized spacial score (nSPS) is 17.0. The first-order chi connectivity index (χ1) is 18.1. The predicted molar refractivity (Wildman–Crippen MR) is 146 cm³/mol. The van der Waals surface area contributed by atoms with E-state index in [1.165, 1.54) is 40.0 Å². The van der Waals surface area contributed by atoms with Gasteiger partial charge < -0.3 is 9.64 Å². The Morgan fingerprint density at radius 2 is 1.95 bits per heavy atom. The second kappa shape index (κ2) is 11.3. The standard InChI is InChI=1S/C24H30F3N7O4S.H2S/c1-15-12-23(3,4)33(14-15)21-17(22(35)31-39(36,37)18-13-28-32(5)16(18)2)6-7-19(29-21)34-10-8-20(30-34)38-11-9-24(25,26)27;/h6-8,10,13,15H,9,11-12,14H2,1-5H3,(H,31,35);1H2/t15-;/m0./s1. The van der Waals surface area contributed by atoms with Crippen LogP contribution in [0, 0.1) is 12.8 Å². The highest BCUT2D eigenvalue weighted by atomic mass is 32.2. The molecule has 1 amide bonds. The molecule has 220 valence electrons. The van der Waals surface area contributed by atoms with Crippen LogP contribution in [0.25, 0.3) is 5.82 Å². The third-order valence-electron chi connectivity index (χ3n) is 6.58. The molecule has 3 aromatic rings. The van der Waals surface area contributed by atoms with E-state index in [4.69, 9.17) is 4.74 Å². The van der Waals surface area contributed by atoms with Gasteiger partial charge in [-0.3, -0.25) is 9.48 Å². The summed E-state index contributed by atoms with van der Waals surface area (Å²) < 4.78 is 73.2. The molecule has 4 heterocycles. The quantitative estimate of drug-likeness (QED) is 0.415. The van der Waals surface area contributed by atoms with Crippen LogP contribution in [0.3, 0.4) is 0 Å². The van der Waals surface area contributed by atoms with Gasteiger partial charge in [0, 0.05) is 31.4 Å². The van der Waals surface area contributed by atoms with Crippen molar-refractivity contribution in [3.8, 4) is 11.7 Å². The fraction of sp³-hybridized carbons (Fsp3) is 0.500. The van der Waals surface area contributed by atoms with Crippen molar-refractivity contribution >= 4 is 35.2 Å². The molecule has 3 aromatic heterocycles. The number of rotatable bonds is 8. The molecule has 1 atom stereocenters. The van der Waals surface area contributed by atoms with Gasteiger partial charge >= 0.3 is 6.18 Å². The number of amides is 1. The first kappa shape index (κ1) is 31.3. The van der Waals surface area contributed by atoms with Gasteiger partial charge in [-0.2, -0.15) is 31.8 Å². The number of carbonyl (C=O) groups excluding carboxylic acids is 1. The zero-order valence-corrected chi connectivity index (χ0v) is 24.5. The number of hydrogen-bond acceptors (Lipinski definition) is 8. The third-order valence-corrected chi connectivity index (χ3v) is 8.01. The Kier molecular flexibility index (Phi) is 8.84. The van der Waals surface area contributed by atoms with Crippen LogP contribution < -0.4 is 14.4 Å². The summed E-state index contributed by atoms with van der Waals surface area (Å²) in [5, 5.41) is 8.08. The Morgan fingerprint density at radius 1 is 1.25 bits per heavy atom. The molecule has 0 unspecified atom stereocenters. The predicted octanol–water partition coefficient (Wildman–Crippen LogP) is 3.50. The highest BCUT2D eigenvalue weighted by Crippen LogP contribution is 2.37. The maximum absolute atomic E-state index is 13.4. The Morgan fingerprint density at radius 3 is 2.52 bits per heavy atom. The van der Waals surface area contributed by atoms with Crippen molar-refractivity contribution in [3.05, 3.63) is 41.9 Å². The van der Waals surface area contributed by atoms with Crippen LogP contribution in [0.15, 0.2) is 35.5 Å². The SMILES string of the molecule is Cc1c(S(=O)(=O)NC(=O)c2ccc(-n3ccc(OCCC(F)(F)F)n3)nc2N2C[C@@H](C)CC2(C)C)cnn1C.S. The number of nitrogens with zero attached hydrogens (tertiary/aromatic N) is 6. The van der Waals surface area contributed by atoms with Gasteiger partial charge in [0.15, 0.2) is 5.82 Å². The number of nitrogens with one attached hydrogen (secondary N) is 1. The molecule has 0 radical (unpaired) electrons. The maximum atomic E-state index is 13.4. The van der Waals surface area contributed by atoms with E-state index in [-0.39, 0.29) is 47.4 Å². The third kappa shape index (κ3) is 6.71. The fourth-order valence-electron chi connectivity index (χ4n) is 4.67. The molecule has 1 saturated heterocycles. The van der Waals surface area contributed by atoms with E-state index in [2.05, 4.69) is 26.8 Å². The number of ether oxygens (including phenoxy) is 1. The molecule has 0 aliphatic carbocycles. The number of hydrogen-bond donors (Lipinski definition) is 1. The molecular weight excluding hydrogens is 571 g/mol. The lowest BCUT2D eigenvalue weighted by Gasteiger charge is -2.34. The minimum Gasteiger partial charge on any atom is -0.476 e. The second-order valence-corrected chi connectivity index (χ2v) is 11.9. The molecule has 40 heavy (non-hydrogen) atoms. The average Bonchev–Trinajstić information content (AvgIpc) is 3.49.